The second-order valence-electron chi connectivity index (χ2n) is 12.2. The molecule has 0 aliphatic carbocycles. The Labute approximate surface area is 263 Å². The number of aryl methyl sites for hydroxylation is 1. The first-order valence-corrected chi connectivity index (χ1v) is 15.7. The Kier molecular flexibility index (Phi) is 8.67. The standard InChI is InChI=1S/C36H38FN7O/c1-5-6-9-24-10-7-11-27(29(24)20-39)32-22(2)18-28-34(33(32)37)42-36(45-23(3)31-12-8-17-43(31)4)30-21-41-44(35(28)30)26-14-16-40-25(19-26)13-15-38/h5-7,9-11,18,21,23,25-26,31,40H,1,8,12-14,16-17,19H2,2-4H3/b9-6-/t23-,25+,26-,31-/m0/s1. The first kappa shape index (κ1) is 30.5. The number of allylic oxidation sites excluding steroid dienone is 2. The molecule has 8 nitrogen and oxygen atoms in total. The van der Waals surface area contributed by atoms with Crippen molar-refractivity contribution in [2.24, 2.45) is 0 Å². The largest absolute Gasteiger partial charge is 0.472 e. The molecular weight excluding hydrogens is 565 g/mol. The molecule has 0 unspecified atom stereocenters. The second-order valence-corrected chi connectivity index (χ2v) is 12.2. The van der Waals surface area contributed by atoms with E-state index in [1.165, 1.54) is 0 Å². The molecule has 0 radical (unpaired) electrons. The molecule has 2 saturated heterocycles. The topological polar surface area (TPSA) is 103 Å². The van der Waals surface area contributed by atoms with E-state index >= 15 is 4.39 Å². The van der Waals surface area contributed by atoms with Crippen molar-refractivity contribution in [1.29, 1.82) is 10.5 Å². The molecule has 2 aliphatic heterocycles. The van der Waals surface area contributed by atoms with Gasteiger partial charge in [0.2, 0.25) is 5.88 Å². The number of nitrogens with zero attached hydrogens (tertiary/aromatic N) is 6. The van der Waals surface area contributed by atoms with Gasteiger partial charge >= 0.3 is 0 Å². The van der Waals surface area contributed by atoms with Crippen LogP contribution in [-0.2, 0) is 0 Å². The molecule has 2 fully saturated rings. The van der Waals surface area contributed by atoms with E-state index in [9.17, 15) is 10.5 Å². The van der Waals surface area contributed by atoms with Crippen molar-refractivity contribution in [1.82, 2.24) is 25.0 Å². The first-order valence-electron chi connectivity index (χ1n) is 15.7. The highest BCUT2D eigenvalue weighted by atomic mass is 19.1. The molecule has 4 heterocycles. The van der Waals surface area contributed by atoms with Gasteiger partial charge in [-0.15, -0.1) is 0 Å². The molecule has 2 aliphatic rings. The van der Waals surface area contributed by atoms with E-state index in [0.717, 1.165) is 49.7 Å². The lowest BCUT2D eigenvalue weighted by Gasteiger charge is -2.30. The van der Waals surface area contributed by atoms with Crippen molar-refractivity contribution in [2.75, 3.05) is 20.1 Å². The Hall–Kier alpha value is -4.57. The fourth-order valence-electron chi connectivity index (χ4n) is 7.17. The minimum atomic E-state index is -0.496. The number of aromatic nitrogens is 3. The van der Waals surface area contributed by atoms with Crippen molar-refractivity contribution in [3.8, 4) is 29.1 Å². The number of pyridine rings is 1. The summed E-state index contributed by atoms with van der Waals surface area (Å²) in [7, 11) is 2.10. The highest BCUT2D eigenvalue weighted by Gasteiger charge is 2.31. The average Bonchev–Trinajstić information content (AvgIpc) is 3.68. The molecule has 4 aromatic rings. The van der Waals surface area contributed by atoms with Crippen LogP contribution in [0.5, 0.6) is 5.88 Å². The van der Waals surface area contributed by atoms with Crippen LogP contribution >= 0.6 is 0 Å². The Morgan fingerprint density at radius 2 is 2.11 bits per heavy atom. The lowest BCUT2D eigenvalue weighted by molar-refractivity contribution is 0.119. The van der Waals surface area contributed by atoms with E-state index in [1.54, 1.807) is 30.5 Å². The molecule has 9 heteroatoms. The lowest BCUT2D eigenvalue weighted by Crippen LogP contribution is -2.38. The van der Waals surface area contributed by atoms with Crippen LogP contribution in [0.3, 0.4) is 0 Å². The predicted octanol–water partition coefficient (Wildman–Crippen LogP) is 6.84. The molecule has 230 valence electrons. The molecule has 0 saturated carbocycles. The molecule has 0 amide bonds. The second kappa shape index (κ2) is 12.8. The number of hydrogen-bond donors (Lipinski definition) is 1. The van der Waals surface area contributed by atoms with E-state index < -0.39 is 5.82 Å². The molecule has 6 rings (SSSR count). The number of hydrogen-bond acceptors (Lipinski definition) is 7. The van der Waals surface area contributed by atoms with Gasteiger partial charge in [0.05, 0.1) is 41.2 Å². The Balaban J connectivity index is 1.57. The Bertz CT molecular complexity index is 1880. The van der Waals surface area contributed by atoms with Gasteiger partial charge < -0.3 is 10.1 Å². The van der Waals surface area contributed by atoms with Crippen LogP contribution in [0.15, 0.2) is 49.2 Å². The minimum Gasteiger partial charge on any atom is -0.472 e. The fraction of sp³-hybridized carbons (Fsp3) is 0.389. The van der Waals surface area contributed by atoms with Crippen molar-refractivity contribution < 1.29 is 9.13 Å². The number of nitriles is 2. The number of fused-ring (bicyclic) bond motifs is 3. The first-order chi connectivity index (χ1) is 21.9. The highest BCUT2D eigenvalue weighted by Crippen LogP contribution is 2.41. The molecule has 2 aromatic carbocycles. The van der Waals surface area contributed by atoms with Crippen LogP contribution in [0, 0.1) is 35.4 Å². The van der Waals surface area contributed by atoms with Gasteiger partial charge in [-0.2, -0.15) is 15.6 Å². The molecule has 2 aromatic heterocycles. The number of nitrogens with one attached hydrogen (secondary N) is 1. The summed E-state index contributed by atoms with van der Waals surface area (Å²) in [5, 5.41) is 29.2. The van der Waals surface area contributed by atoms with Crippen LogP contribution in [0.25, 0.3) is 39.0 Å². The van der Waals surface area contributed by atoms with Crippen molar-refractivity contribution in [3.63, 3.8) is 0 Å². The monoisotopic (exact) mass is 603 g/mol. The SMILES string of the molecule is C=C/C=C\c1cccc(-c2c(C)cc3c(nc(O[C@@H](C)[C@@H]4CCCN4C)c4cnn([C@H]5CCN[C@H](CC#N)C5)c43)c2F)c1C#N. The maximum atomic E-state index is 17.0. The van der Waals surface area contributed by atoms with Crippen molar-refractivity contribution in [2.45, 2.75) is 70.2 Å². The van der Waals surface area contributed by atoms with E-state index in [2.05, 4.69) is 36.0 Å². The maximum absolute atomic E-state index is 17.0. The van der Waals surface area contributed by atoms with E-state index in [4.69, 9.17) is 14.8 Å². The molecular formula is C36H38FN7O. The molecule has 1 N–H and O–H groups in total. The van der Waals surface area contributed by atoms with Gasteiger partial charge in [-0.05, 0) is 76.9 Å². The molecule has 0 bridgehead atoms. The van der Waals surface area contributed by atoms with Gasteiger partial charge in [0.1, 0.15) is 17.7 Å². The van der Waals surface area contributed by atoms with Crippen LogP contribution in [0.4, 0.5) is 4.39 Å². The number of rotatable bonds is 8. The van der Waals surface area contributed by atoms with Gasteiger partial charge in [0.25, 0.3) is 0 Å². The summed E-state index contributed by atoms with van der Waals surface area (Å²) in [5.41, 5.74) is 3.59. The van der Waals surface area contributed by atoms with Gasteiger partial charge in [0.15, 0.2) is 5.82 Å². The van der Waals surface area contributed by atoms with Crippen LogP contribution in [0.1, 0.15) is 61.8 Å². The van der Waals surface area contributed by atoms with Crippen LogP contribution < -0.4 is 10.1 Å². The molecule has 45 heavy (non-hydrogen) atoms. The number of benzene rings is 2. The number of ether oxygens (including phenoxy) is 1. The van der Waals surface area contributed by atoms with E-state index in [0.29, 0.717) is 45.5 Å². The lowest BCUT2D eigenvalue weighted by atomic mass is 9.91. The summed E-state index contributed by atoms with van der Waals surface area (Å²) in [6.45, 7) is 9.42. The van der Waals surface area contributed by atoms with Gasteiger partial charge in [-0.1, -0.05) is 43.0 Å². The van der Waals surface area contributed by atoms with Crippen LogP contribution in [-0.4, -0.2) is 58.0 Å². The molecule has 4 atom stereocenters. The Morgan fingerprint density at radius 3 is 2.84 bits per heavy atom. The number of likely N-dealkylation sites (N-methyl/N-ethyl adjacent to an activating group) is 1. The van der Waals surface area contributed by atoms with Crippen molar-refractivity contribution in [3.05, 3.63) is 71.7 Å². The third-order valence-electron chi connectivity index (χ3n) is 9.39. The number of halogens is 1. The normalized spacial score (nSPS) is 21.2. The van der Waals surface area contributed by atoms with Crippen LogP contribution in [0.2, 0.25) is 0 Å². The highest BCUT2D eigenvalue weighted by molar-refractivity contribution is 6.07. The maximum Gasteiger partial charge on any atom is 0.225 e. The van der Waals surface area contributed by atoms with E-state index in [-0.39, 0.29) is 29.7 Å². The quantitative estimate of drug-likeness (QED) is 0.220. The summed E-state index contributed by atoms with van der Waals surface area (Å²) in [6.07, 6.45) is 10.9. The van der Waals surface area contributed by atoms with E-state index in [1.807, 2.05) is 36.7 Å². The van der Waals surface area contributed by atoms with Gasteiger partial charge in [-0.25, -0.2) is 9.37 Å². The summed E-state index contributed by atoms with van der Waals surface area (Å²) in [5.74, 6) is -0.139. The van der Waals surface area contributed by atoms with Gasteiger partial charge in [-0.3, -0.25) is 9.58 Å². The zero-order chi connectivity index (χ0) is 31.7. The number of piperidine rings is 1. The smallest absolute Gasteiger partial charge is 0.225 e. The van der Waals surface area contributed by atoms with Crippen molar-refractivity contribution >= 4 is 27.9 Å². The summed E-state index contributed by atoms with van der Waals surface area (Å²) in [4.78, 5) is 7.16. The zero-order valence-electron chi connectivity index (χ0n) is 26.1. The van der Waals surface area contributed by atoms with Gasteiger partial charge in [0, 0.05) is 28.6 Å². The predicted molar refractivity (Wildman–Crippen MR) is 175 cm³/mol. The average molecular weight is 604 g/mol. The summed E-state index contributed by atoms with van der Waals surface area (Å²) >= 11 is 0. The minimum absolute atomic E-state index is 0.0282. The Morgan fingerprint density at radius 1 is 1.27 bits per heavy atom. The fourth-order valence-corrected chi connectivity index (χ4v) is 7.17. The molecule has 0 spiro atoms. The zero-order valence-corrected chi connectivity index (χ0v) is 26.1. The summed E-state index contributed by atoms with van der Waals surface area (Å²) in [6, 6.07) is 12.3. The number of likely N-dealkylation sites (tertiary alicyclic amines) is 1. The third kappa shape index (κ3) is 5.59. The third-order valence-corrected chi connectivity index (χ3v) is 9.39. The summed E-state index contributed by atoms with van der Waals surface area (Å²) < 4.78 is 25.6.